The van der Waals surface area contributed by atoms with Crippen LogP contribution in [0.2, 0.25) is 0 Å². The van der Waals surface area contributed by atoms with E-state index in [0.29, 0.717) is 23.2 Å². The molecule has 0 fully saturated rings. The van der Waals surface area contributed by atoms with Crippen LogP contribution < -0.4 is 4.72 Å². The highest BCUT2D eigenvalue weighted by atomic mass is 32.2. The highest BCUT2D eigenvalue weighted by Gasteiger charge is 2.25. The van der Waals surface area contributed by atoms with E-state index in [1.54, 1.807) is 13.0 Å². The number of nitrogens with one attached hydrogen (secondary N) is 2. The van der Waals surface area contributed by atoms with Crippen molar-refractivity contribution in [2.45, 2.75) is 51.9 Å². The van der Waals surface area contributed by atoms with Crippen LogP contribution in [0.4, 0.5) is 5.69 Å². The van der Waals surface area contributed by atoms with E-state index in [0.717, 1.165) is 46.2 Å². The van der Waals surface area contributed by atoms with Gasteiger partial charge in [-0.2, -0.15) is 0 Å². The zero-order valence-electron chi connectivity index (χ0n) is 16.6. The van der Waals surface area contributed by atoms with E-state index in [4.69, 9.17) is 0 Å². The Kier molecular flexibility index (Phi) is 4.34. The van der Waals surface area contributed by atoms with E-state index in [9.17, 15) is 13.2 Å². The van der Waals surface area contributed by atoms with Crippen molar-refractivity contribution < 1.29 is 13.2 Å². The molecule has 0 atom stereocenters. The van der Waals surface area contributed by atoms with Crippen molar-refractivity contribution in [2.75, 3.05) is 4.72 Å². The average Bonchev–Trinajstić information content (AvgIpc) is 2.96. The van der Waals surface area contributed by atoms with Gasteiger partial charge in [0.2, 0.25) is 0 Å². The quantitative estimate of drug-likeness (QED) is 0.672. The number of carbonyl (C=O) groups excluding carboxylic acids is 1. The Labute approximate surface area is 165 Å². The van der Waals surface area contributed by atoms with Crippen LogP contribution in [-0.2, 0) is 16.4 Å². The Morgan fingerprint density at radius 1 is 0.929 bits per heavy atom. The van der Waals surface area contributed by atoms with Gasteiger partial charge in [-0.15, -0.1) is 0 Å². The van der Waals surface area contributed by atoms with E-state index >= 15 is 0 Å². The first kappa shape index (κ1) is 18.7. The van der Waals surface area contributed by atoms with Crippen LogP contribution >= 0.6 is 0 Å². The number of aromatic nitrogens is 1. The minimum Gasteiger partial charge on any atom is -0.358 e. The number of sulfonamides is 1. The van der Waals surface area contributed by atoms with Crippen molar-refractivity contribution in [3.8, 4) is 0 Å². The number of hydrogen-bond donors (Lipinski definition) is 2. The van der Waals surface area contributed by atoms with E-state index in [-0.39, 0.29) is 10.7 Å². The number of H-pyrrole nitrogens is 1. The van der Waals surface area contributed by atoms with Gasteiger partial charge in [0.15, 0.2) is 5.78 Å². The van der Waals surface area contributed by atoms with Gasteiger partial charge in [-0.3, -0.25) is 9.52 Å². The van der Waals surface area contributed by atoms with Crippen molar-refractivity contribution >= 4 is 32.4 Å². The molecular weight excluding hydrogens is 372 g/mol. The molecule has 5 nitrogen and oxygen atoms in total. The summed E-state index contributed by atoms with van der Waals surface area (Å²) >= 11 is 0. The Balaban J connectivity index is 1.82. The Morgan fingerprint density at radius 2 is 1.61 bits per heavy atom. The summed E-state index contributed by atoms with van der Waals surface area (Å²) in [6.07, 6.45) is 2.19. The molecule has 0 spiro atoms. The van der Waals surface area contributed by atoms with Crippen LogP contribution in [0, 0.1) is 27.7 Å². The lowest BCUT2D eigenvalue weighted by atomic mass is 9.94. The SMILES string of the molecule is Cc1cc(C)c(NS(=O)(=O)c2cc3[nH]c4c(c3cc2C)C(=O)CCC4)c(C)c1. The fourth-order valence-electron chi connectivity index (χ4n) is 4.26. The summed E-state index contributed by atoms with van der Waals surface area (Å²) in [5, 5.41) is 0.818. The number of aromatic amines is 1. The molecule has 1 aliphatic carbocycles. The third-order valence-electron chi connectivity index (χ3n) is 5.48. The van der Waals surface area contributed by atoms with Crippen molar-refractivity contribution in [3.63, 3.8) is 0 Å². The second-order valence-electron chi connectivity index (χ2n) is 7.80. The summed E-state index contributed by atoms with van der Waals surface area (Å²) in [6, 6.07) is 7.39. The molecule has 0 bridgehead atoms. The van der Waals surface area contributed by atoms with Crippen molar-refractivity contribution in [1.82, 2.24) is 4.98 Å². The number of ketones is 1. The molecule has 0 saturated heterocycles. The van der Waals surface area contributed by atoms with Gasteiger partial charge in [-0.25, -0.2) is 8.42 Å². The van der Waals surface area contributed by atoms with Crippen LogP contribution in [0.25, 0.3) is 10.9 Å². The molecule has 3 aromatic rings. The van der Waals surface area contributed by atoms with Gasteiger partial charge < -0.3 is 4.98 Å². The molecule has 0 saturated carbocycles. The number of aryl methyl sites for hydroxylation is 5. The Morgan fingerprint density at radius 3 is 2.29 bits per heavy atom. The molecule has 2 aromatic carbocycles. The standard InChI is InChI=1S/C22H24N2O3S/c1-12-8-14(3)22(15(4)9-12)24-28(26,27)20-11-18-16(10-13(20)2)21-17(23-18)6-5-7-19(21)25/h8-11,23-24H,5-7H2,1-4H3. The van der Waals surface area contributed by atoms with E-state index < -0.39 is 10.0 Å². The fraction of sp³-hybridized carbons (Fsp3) is 0.318. The predicted octanol–water partition coefficient (Wildman–Crippen LogP) is 4.72. The van der Waals surface area contributed by atoms with Gasteiger partial charge >= 0.3 is 0 Å². The summed E-state index contributed by atoms with van der Waals surface area (Å²) in [5.41, 5.74) is 6.46. The molecule has 0 radical (unpaired) electrons. The highest BCUT2D eigenvalue weighted by molar-refractivity contribution is 7.92. The lowest BCUT2D eigenvalue weighted by Gasteiger charge is -2.16. The molecular formula is C22H24N2O3S. The molecule has 0 amide bonds. The molecule has 146 valence electrons. The van der Waals surface area contributed by atoms with Crippen LogP contribution in [-0.4, -0.2) is 19.2 Å². The molecule has 0 unspecified atom stereocenters. The smallest absolute Gasteiger partial charge is 0.262 e. The minimum atomic E-state index is -3.76. The second-order valence-corrected chi connectivity index (χ2v) is 9.45. The third-order valence-corrected chi connectivity index (χ3v) is 6.98. The van der Waals surface area contributed by atoms with E-state index in [1.165, 1.54) is 0 Å². The molecule has 0 aliphatic heterocycles. The van der Waals surface area contributed by atoms with Crippen LogP contribution in [0.15, 0.2) is 29.2 Å². The van der Waals surface area contributed by atoms with E-state index in [2.05, 4.69) is 9.71 Å². The van der Waals surface area contributed by atoms with Gasteiger partial charge in [0.1, 0.15) is 0 Å². The first-order valence-electron chi connectivity index (χ1n) is 9.46. The molecule has 2 N–H and O–H groups in total. The van der Waals surface area contributed by atoms with Gasteiger partial charge in [-0.05, 0) is 69.4 Å². The van der Waals surface area contributed by atoms with Crippen LogP contribution in [0.5, 0.6) is 0 Å². The normalized spacial score (nSPS) is 14.4. The van der Waals surface area contributed by atoms with Gasteiger partial charge in [0.05, 0.1) is 10.6 Å². The third kappa shape index (κ3) is 3.02. The van der Waals surface area contributed by atoms with Gasteiger partial charge in [0.25, 0.3) is 10.0 Å². The molecule has 28 heavy (non-hydrogen) atoms. The topological polar surface area (TPSA) is 79.0 Å². The maximum absolute atomic E-state index is 13.2. The lowest BCUT2D eigenvalue weighted by Crippen LogP contribution is -2.16. The average molecular weight is 397 g/mol. The highest BCUT2D eigenvalue weighted by Crippen LogP contribution is 2.33. The second kappa shape index (κ2) is 6.48. The van der Waals surface area contributed by atoms with Crippen molar-refractivity contribution in [2.24, 2.45) is 0 Å². The first-order valence-corrected chi connectivity index (χ1v) is 10.9. The molecule has 1 aliphatic rings. The summed E-state index contributed by atoms with van der Waals surface area (Å²) in [4.78, 5) is 15.8. The summed E-state index contributed by atoms with van der Waals surface area (Å²) < 4.78 is 29.1. The summed E-state index contributed by atoms with van der Waals surface area (Å²) in [5.74, 6) is 0.131. The lowest BCUT2D eigenvalue weighted by molar-refractivity contribution is 0.0974. The summed E-state index contributed by atoms with van der Waals surface area (Å²) in [7, 11) is -3.76. The van der Waals surface area contributed by atoms with Crippen molar-refractivity contribution in [3.05, 3.63) is 57.8 Å². The minimum absolute atomic E-state index is 0.131. The number of anilines is 1. The number of rotatable bonds is 3. The number of fused-ring (bicyclic) bond motifs is 3. The molecule has 4 rings (SSSR count). The monoisotopic (exact) mass is 396 g/mol. The predicted molar refractivity (Wildman–Crippen MR) is 112 cm³/mol. The molecule has 1 aromatic heterocycles. The van der Waals surface area contributed by atoms with Crippen molar-refractivity contribution in [1.29, 1.82) is 0 Å². The zero-order chi connectivity index (χ0) is 20.2. The van der Waals surface area contributed by atoms with Crippen LogP contribution in [0.3, 0.4) is 0 Å². The Bertz CT molecular complexity index is 1210. The number of carbonyl (C=O) groups is 1. The number of benzene rings is 2. The van der Waals surface area contributed by atoms with Crippen LogP contribution in [0.1, 0.15) is 51.1 Å². The number of hydrogen-bond acceptors (Lipinski definition) is 3. The maximum atomic E-state index is 13.2. The number of Topliss-reactive ketones (excluding diaryl/α,β-unsaturated/α-hetero) is 1. The zero-order valence-corrected chi connectivity index (χ0v) is 17.4. The van der Waals surface area contributed by atoms with Gasteiger partial charge in [-0.1, -0.05) is 17.7 Å². The largest absolute Gasteiger partial charge is 0.358 e. The fourth-order valence-corrected chi connectivity index (χ4v) is 5.72. The molecule has 1 heterocycles. The molecule has 6 heteroatoms. The first-order chi connectivity index (χ1) is 13.2. The Hall–Kier alpha value is -2.60. The van der Waals surface area contributed by atoms with Gasteiger partial charge in [0, 0.05) is 28.6 Å². The summed E-state index contributed by atoms with van der Waals surface area (Å²) in [6.45, 7) is 7.57. The maximum Gasteiger partial charge on any atom is 0.262 e. The van der Waals surface area contributed by atoms with E-state index in [1.807, 2.05) is 39.0 Å².